The van der Waals surface area contributed by atoms with Gasteiger partial charge >= 0.3 is 5.69 Å². The van der Waals surface area contributed by atoms with Gasteiger partial charge in [-0.3, -0.25) is 14.3 Å². The molecule has 3 rings (SSSR count). The van der Waals surface area contributed by atoms with E-state index >= 15 is 0 Å². The molecule has 0 aliphatic heterocycles. The zero-order valence-corrected chi connectivity index (χ0v) is 12.0. The van der Waals surface area contributed by atoms with Crippen LogP contribution in [0.2, 0.25) is 0 Å². The van der Waals surface area contributed by atoms with Gasteiger partial charge in [-0.25, -0.2) is 9.78 Å². The van der Waals surface area contributed by atoms with Gasteiger partial charge in [-0.2, -0.15) is 0 Å². The summed E-state index contributed by atoms with van der Waals surface area (Å²) in [6, 6.07) is 0.135. The molecule has 1 saturated carbocycles. The molecule has 7 heteroatoms. The molecule has 2 aromatic heterocycles. The first-order valence-corrected chi connectivity index (χ1v) is 7.64. The lowest BCUT2D eigenvalue weighted by molar-refractivity contribution is 0.349. The Hall–Kier alpha value is -1.89. The average Bonchev–Trinajstić information content (AvgIpc) is 2.90. The first kappa shape index (κ1) is 14.1. The van der Waals surface area contributed by atoms with E-state index < -0.39 is 5.56 Å². The van der Waals surface area contributed by atoms with Crippen molar-refractivity contribution in [1.29, 1.82) is 0 Å². The Labute approximate surface area is 121 Å². The number of aromatic amines is 2. The molecule has 114 valence electrons. The molecule has 2 aromatic rings. The highest BCUT2D eigenvalue weighted by molar-refractivity contribution is 5.69. The molecule has 0 amide bonds. The van der Waals surface area contributed by atoms with Crippen molar-refractivity contribution in [2.24, 2.45) is 5.73 Å². The van der Waals surface area contributed by atoms with Gasteiger partial charge in [0.25, 0.3) is 5.56 Å². The number of fused-ring (bicyclic) bond motifs is 1. The number of H-pyrrole nitrogens is 2. The van der Waals surface area contributed by atoms with Crippen LogP contribution in [-0.4, -0.2) is 26.1 Å². The van der Waals surface area contributed by atoms with Crippen molar-refractivity contribution in [3.8, 4) is 0 Å². The van der Waals surface area contributed by atoms with E-state index in [1.54, 1.807) is 4.57 Å². The quantitative estimate of drug-likeness (QED) is 0.774. The van der Waals surface area contributed by atoms with E-state index in [0.29, 0.717) is 24.1 Å². The van der Waals surface area contributed by atoms with E-state index in [9.17, 15) is 9.59 Å². The van der Waals surface area contributed by atoms with Gasteiger partial charge in [-0.15, -0.1) is 0 Å². The van der Waals surface area contributed by atoms with Gasteiger partial charge in [-0.05, 0) is 25.8 Å². The molecule has 7 nitrogen and oxygen atoms in total. The van der Waals surface area contributed by atoms with Crippen LogP contribution in [0.15, 0.2) is 9.59 Å². The largest absolute Gasteiger partial charge is 0.336 e. The molecule has 0 saturated heterocycles. The van der Waals surface area contributed by atoms with Gasteiger partial charge in [0.1, 0.15) is 11.3 Å². The summed E-state index contributed by atoms with van der Waals surface area (Å²) in [5.74, 6) is 0.719. The second-order valence-corrected chi connectivity index (χ2v) is 5.70. The summed E-state index contributed by atoms with van der Waals surface area (Å²) >= 11 is 0. The zero-order valence-electron chi connectivity index (χ0n) is 12.0. The highest BCUT2D eigenvalue weighted by atomic mass is 16.2. The summed E-state index contributed by atoms with van der Waals surface area (Å²) in [6.07, 6.45) is 6.84. The molecule has 0 unspecified atom stereocenters. The summed E-state index contributed by atoms with van der Waals surface area (Å²) < 4.78 is 1.67. The molecule has 21 heavy (non-hydrogen) atoms. The van der Waals surface area contributed by atoms with Crippen LogP contribution in [0, 0.1) is 0 Å². The maximum Gasteiger partial charge on any atom is 0.330 e. The fourth-order valence-corrected chi connectivity index (χ4v) is 3.13. The minimum atomic E-state index is -0.395. The molecule has 0 atom stereocenters. The van der Waals surface area contributed by atoms with Crippen molar-refractivity contribution in [1.82, 2.24) is 19.5 Å². The van der Waals surface area contributed by atoms with Crippen LogP contribution in [0.3, 0.4) is 0 Å². The third-order valence-electron chi connectivity index (χ3n) is 4.19. The third-order valence-corrected chi connectivity index (χ3v) is 4.19. The van der Waals surface area contributed by atoms with E-state index in [-0.39, 0.29) is 11.7 Å². The molecule has 4 N–H and O–H groups in total. The Kier molecular flexibility index (Phi) is 3.92. The number of aryl methyl sites for hydroxylation is 1. The summed E-state index contributed by atoms with van der Waals surface area (Å²) in [6.45, 7) is 0.572. The Morgan fingerprint density at radius 2 is 1.95 bits per heavy atom. The first-order chi connectivity index (χ1) is 10.2. The van der Waals surface area contributed by atoms with E-state index in [2.05, 4.69) is 15.0 Å². The van der Waals surface area contributed by atoms with E-state index in [0.717, 1.165) is 37.9 Å². The summed E-state index contributed by atoms with van der Waals surface area (Å²) in [5, 5.41) is 0. The number of hydrogen-bond donors (Lipinski definition) is 3. The van der Waals surface area contributed by atoms with Crippen LogP contribution in [0.25, 0.3) is 11.2 Å². The maximum absolute atomic E-state index is 12.2. The van der Waals surface area contributed by atoms with Crippen LogP contribution in [0.5, 0.6) is 0 Å². The Balaban J connectivity index is 2.11. The van der Waals surface area contributed by atoms with Gasteiger partial charge in [-0.1, -0.05) is 19.3 Å². The molecule has 0 radical (unpaired) electrons. The second kappa shape index (κ2) is 5.85. The fourth-order valence-electron chi connectivity index (χ4n) is 3.13. The third kappa shape index (κ3) is 2.65. The SMILES string of the molecule is NCCCc1nc2c([nH]1)c(=O)[nH]c(=O)n2C1CCCCC1. The van der Waals surface area contributed by atoms with Gasteiger partial charge in [0, 0.05) is 12.5 Å². The minimum absolute atomic E-state index is 0.135. The molecule has 0 spiro atoms. The lowest BCUT2D eigenvalue weighted by Gasteiger charge is -2.23. The maximum atomic E-state index is 12.2. The first-order valence-electron chi connectivity index (χ1n) is 7.64. The van der Waals surface area contributed by atoms with E-state index in [4.69, 9.17) is 5.73 Å². The molecule has 2 heterocycles. The van der Waals surface area contributed by atoms with Crippen LogP contribution >= 0.6 is 0 Å². The van der Waals surface area contributed by atoms with Crippen LogP contribution in [0.4, 0.5) is 0 Å². The van der Waals surface area contributed by atoms with Crippen molar-refractivity contribution in [3.63, 3.8) is 0 Å². The molecule has 1 aliphatic rings. The minimum Gasteiger partial charge on any atom is -0.336 e. The lowest BCUT2D eigenvalue weighted by Crippen LogP contribution is -2.33. The van der Waals surface area contributed by atoms with Gasteiger partial charge in [0.2, 0.25) is 0 Å². The van der Waals surface area contributed by atoms with Crippen LogP contribution < -0.4 is 17.0 Å². The molecular formula is C14H21N5O2. The average molecular weight is 291 g/mol. The van der Waals surface area contributed by atoms with Crippen LogP contribution in [0.1, 0.15) is 50.4 Å². The Morgan fingerprint density at radius 1 is 1.19 bits per heavy atom. The van der Waals surface area contributed by atoms with Crippen LogP contribution in [-0.2, 0) is 6.42 Å². The molecule has 1 fully saturated rings. The normalized spacial score (nSPS) is 16.6. The number of imidazole rings is 1. The molecule has 1 aliphatic carbocycles. The van der Waals surface area contributed by atoms with E-state index in [1.807, 2.05) is 0 Å². The monoisotopic (exact) mass is 291 g/mol. The fraction of sp³-hybridized carbons (Fsp3) is 0.643. The Morgan fingerprint density at radius 3 is 2.67 bits per heavy atom. The van der Waals surface area contributed by atoms with Crippen molar-refractivity contribution in [2.75, 3.05) is 6.54 Å². The predicted molar refractivity (Wildman–Crippen MR) is 80.5 cm³/mol. The highest BCUT2D eigenvalue weighted by Crippen LogP contribution is 2.28. The number of nitrogens with one attached hydrogen (secondary N) is 2. The molecule has 0 bridgehead atoms. The van der Waals surface area contributed by atoms with E-state index in [1.165, 1.54) is 6.42 Å². The summed E-state index contributed by atoms with van der Waals surface area (Å²) in [7, 11) is 0. The Bertz CT molecular complexity index is 736. The number of nitrogens with two attached hydrogens (primary N) is 1. The zero-order chi connectivity index (χ0) is 14.8. The highest BCUT2D eigenvalue weighted by Gasteiger charge is 2.21. The van der Waals surface area contributed by atoms with Crippen molar-refractivity contribution < 1.29 is 0 Å². The predicted octanol–water partition coefficient (Wildman–Crippen LogP) is 0.809. The van der Waals surface area contributed by atoms with Crippen molar-refractivity contribution >= 4 is 11.2 Å². The molecular weight excluding hydrogens is 270 g/mol. The smallest absolute Gasteiger partial charge is 0.330 e. The topological polar surface area (TPSA) is 110 Å². The number of hydrogen-bond acceptors (Lipinski definition) is 4. The standard InChI is InChI=1S/C14H21N5O2/c15-8-4-7-10-16-11-12(17-10)19(14(21)18-13(11)20)9-5-2-1-3-6-9/h9H,1-8,15H2,(H,16,17)(H,18,20,21). The number of aromatic nitrogens is 4. The summed E-state index contributed by atoms with van der Waals surface area (Å²) in [4.78, 5) is 34.1. The number of nitrogens with zero attached hydrogens (tertiary/aromatic N) is 2. The van der Waals surface area contributed by atoms with Gasteiger partial charge in [0.05, 0.1) is 0 Å². The number of rotatable bonds is 4. The summed E-state index contributed by atoms with van der Waals surface area (Å²) in [5.41, 5.74) is 5.65. The second-order valence-electron chi connectivity index (χ2n) is 5.70. The van der Waals surface area contributed by atoms with Gasteiger partial charge < -0.3 is 10.7 Å². The lowest BCUT2D eigenvalue weighted by atomic mass is 9.95. The molecule has 0 aromatic carbocycles. The van der Waals surface area contributed by atoms with Crippen molar-refractivity contribution in [2.45, 2.75) is 51.0 Å². The van der Waals surface area contributed by atoms with Crippen molar-refractivity contribution in [3.05, 3.63) is 26.7 Å². The van der Waals surface area contributed by atoms with Gasteiger partial charge in [0.15, 0.2) is 5.65 Å².